The maximum Gasteiger partial charge on any atom is 0.273 e. The number of carbonyl (C=O) groups excluding carboxylic acids is 1. The van der Waals surface area contributed by atoms with Crippen LogP contribution in [0.15, 0.2) is 18.2 Å². The van der Waals surface area contributed by atoms with Gasteiger partial charge < -0.3 is 9.64 Å². The summed E-state index contributed by atoms with van der Waals surface area (Å²) in [6.45, 7) is 4.32. The number of nitro groups is 1. The van der Waals surface area contributed by atoms with Gasteiger partial charge in [-0.25, -0.2) is 0 Å². The molecule has 0 radical (unpaired) electrons. The van der Waals surface area contributed by atoms with Crippen LogP contribution in [0.4, 0.5) is 5.69 Å². The molecule has 1 aromatic rings. The highest BCUT2D eigenvalue weighted by atomic mass is 35.5. The number of amides is 1. The minimum Gasteiger partial charge on any atom is -0.370 e. The number of hydrogen-bond acceptors (Lipinski definition) is 4. The fourth-order valence-electron chi connectivity index (χ4n) is 2.52. The van der Waals surface area contributed by atoms with Gasteiger partial charge in [-0.1, -0.05) is 6.07 Å². The Morgan fingerprint density at radius 3 is 2.86 bits per heavy atom. The number of morpholine rings is 1. The zero-order valence-corrected chi connectivity index (χ0v) is 12.7. The van der Waals surface area contributed by atoms with E-state index in [0.717, 1.165) is 0 Å². The molecule has 0 N–H and O–H groups in total. The fraction of sp³-hybridized carbons (Fsp3) is 0.500. The first-order valence-electron chi connectivity index (χ1n) is 6.68. The van der Waals surface area contributed by atoms with Crippen LogP contribution in [0.25, 0.3) is 0 Å². The summed E-state index contributed by atoms with van der Waals surface area (Å²) in [5, 5.41) is 11.0. The molecule has 1 saturated heterocycles. The standard InChI is InChI=1S/C14H17ClN2O4/c1-9-7-16(8-11(6-15)21-9)14(18)12-4-3-5-13(10(12)2)17(19)20/h3-5,9,11H,6-8H2,1-2H3. The summed E-state index contributed by atoms with van der Waals surface area (Å²) in [7, 11) is 0. The summed E-state index contributed by atoms with van der Waals surface area (Å²) in [4.78, 5) is 24.7. The van der Waals surface area contributed by atoms with Gasteiger partial charge in [0.05, 0.1) is 23.0 Å². The van der Waals surface area contributed by atoms with Gasteiger partial charge in [0.2, 0.25) is 0 Å². The summed E-state index contributed by atoms with van der Waals surface area (Å²) in [5.74, 6) is 0.0867. The summed E-state index contributed by atoms with van der Waals surface area (Å²) >= 11 is 5.81. The van der Waals surface area contributed by atoms with E-state index in [0.29, 0.717) is 30.1 Å². The zero-order valence-electron chi connectivity index (χ0n) is 11.9. The van der Waals surface area contributed by atoms with Crippen LogP contribution in [0.3, 0.4) is 0 Å². The normalized spacial score (nSPS) is 22.1. The lowest BCUT2D eigenvalue weighted by atomic mass is 10.0. The van der Waals surface area contributed by atoms with Crippen molar-refractivity contribution in [2.45, 2.75) is 26.1 Å². The van der Waals surface area contributed by atoms with Crippen molar-refractivity contribution in [3.05, 3.63) is 39.4 Å². The van der Waals surface area contributed by atoms with Gasteiger partial charge in [-0.05, 0) is 19.9 Å². The first-order valence-corrected chi connectivity index (χ1v) is 7.22. The Bertz CT molecular complexity index is 564. The maximum atomic E-state index is 12.6. The Morgan fingerprint density at radius 2 is 2.24 bits per heavy atom. The quantitative estimate of drug-likeness (QED) is 0.488. The number of nitro benzene ring substituents is 1. The molecule has 0 spiro atoms. The number of ether oxygens (including phenoxy) is 1. The summed E-state index contributed by atoms with van der Waals surface area (Å²) < 4.78 is 5.61. The Kier molecular flexibility index (Phi) is 4.80. The van der Waals surface area contributed by atoms with E-state index in [9.17, 15) is 14.9 Å². The van der Waals surface area contributed by atoms with E-state index in [1.807, 2.05) is 6.92 Å². The summed E-state index contributed by atoms with van der Waals surface area (Å²) in [5.41, 5.74) is 0.691. The molecule has 2 atom stereocenters. The molecule has 1 amide bonds. The van der Waals surface area contributed by atoms with Crippen LogP contribution in [0.2, 0.25) is 0 Å². The molecule has 1 fully saturated rings. The fourth-order valence-corrected chi connectivity index (χ4v) is 2.69. The lowest BCUT2D eigenvalue weighted by molar-refractivity contribution is -0.385. The number of hydrogen-bond donors (Lipinski definition) is 0. The number of benzene rings is 1. The first-order chi connectivity index (χ1) is 9.93. The Labute approximate surface area is 127 Å². The minimum absolute atomic E-state index is 0.0453. The molecule has 7 heteroatoms. The Hall–Kier alpha value is -1.66. The monoisotopic (exact) mass is 312 g/mol. The predicted octanol–water partition coefficient (Wildman–Crippen LogP) is 2.37. The van der Waals surface area contributed by atoms with E-state index in [1.165, 1.54) is 12.1 Å². The lowest BCUT2D eigenvalue weighted by Crippen LogP contribution is -2.49. The van der Waals surface area contributed by atoms with Gasteiger partial charge in [0.15, 0.2) is 0 Å². The Morgan fingerprint density at radius 1 is 1.52 bits per heavy atom. The largest absolute Gasteiger partial charge is 0.370 e. The van der Waals surface area contributed by atoms with Gasteiger partial charge >= 0.3 is 0 Å². The van der Waals surface area contributed by atoms with Crippen LogP contribution in [-0.4, -0.2) is 46.9 Å². The van der Waals surface area contributed by atoms with Crippen LogP contribution in [0.5, 0.6) is 0 Å². The van der Waals surface area contributed by atoms with Crippen molar-refractivity contribution in [2.24, 2.45) is 0 Å². The minimum atomic E-state index is -0.477. The van der Waals surface area contributed by atoms with Gasteiger partial charge in [0, 0.05) is 30.3 Å². The molecule has 1 aromatic carbocycles. The van der Waals surface area contributed by atoms with E-state index in [2.05, 4.69) is 0 Å². The second-order valence-electron chi connectivity index (χ2n) is 5.14. The predicted molar refractivity (Wildman–Crippen MR) is 78.8 cm³/mol. The number of carbonyl (C=O) groups is 1. The van der Waals surface area contributed by atoms with Crippen LogP contribution in [-0.2, 0) is 4.74 Å². The number of rotatable bonds is 3. The van der Waals surface area contributed by atoms with Crippen molar-refractivity contribution in [1.82, 2.24) is 4.90 Å². The average molecular weight is 313 g/mol. The second-order valence-corrected chi connectivity index (χ2v) is 5.45. The second kappa shape index (κ2) is 6.41. The highest BCUT2D eigenvalue weighted by molar-refractivity contribution is 6.18. The van der Waals surface area contributed by atoms with Crippen molar-refractivity contribution in [2.75, 3.05) is 19.0 Å². The molecule has 0 aromatic heterocycles. The molecule has 1 heterocycles. The molecular formula is C14H17ClN2O4. The van der Waals surface area contributed by atoms with Crippen LogP contribution in [0, 0.1) is 17.0 Å². The van der Waals surface area contributed by atoms with E-state index in [-0.39, 0.29) is 23.8 Å². The van der Waals surface area contributed by atoms with E-state index < -0.39 is 4.92 Å². The molecule has 2 rings (SSSR count). The first kappa shape index (κ1) is 15.7. The summed E-state index contributed by atoms with van der Waals surface area (Å²) in [6, 6.07) is 4.54. The molecule has 2 unspecified atom stereocenters. The molecule has 1 aliphatic rings. The van der Waals surface area contributed by atoms with Gasteiger partial charge in [0.1, 0.15) is 0 Å². The highest BCUT2D eigenvalue weighted by Gasteiger charge is 2.30. The third-order valence-corrected chi connectivity index (χ3v) is 3.86. The van der Waals surface area contributed by atoms with Crippen LogP contribution in [0.1, 0.15) is 22.8 Å². The smallest absolute Gasteiger partial charge is 0.273 e. The molecule has 6 nitrogen and oxygen atoms in total. The molecule has 0 aliphatic carbocycles. The van der Waals surface area contributed by atoms with Crippen molar-refractivity contribution in [3.8, 4) is 0 Å². The van der Waals surface area contributed by atoms with Gasteiger partial charge in [-0.3, -0.25) is 14.9 Å². The van der Waals surface area contributed by atoms with Crippen molar-refractivity contribution >= 4 is 23.2 Å². The van der Waals surface area contributed by atoms with Gasteiger partial charge in [-0.2, -0.15) is 0 Å². The maximum absolute atomic E-state index is 12.6. The summed E-state index contributed by atoms with van der Waals surface area (Å²) in [6.07, 6.45) is -0.316. The molecule has 21 heavy (non-hydrogen) atoms. The van der Waals surface area contributed by atoms with Crippen LogP contribution >= 0.6 is 11.6 Å². The SMILES string of the molecule is Cc1c(C(=O)N2CC(C)OC(CCl)C2)cccc1[N+](=O)[O-]. The van der Waals surface area contributed by atoms with E-state index in [1.54, 1.807) is 17.9 Å². The number of nitrogens with zero attached hydrogens (tertiary/aromatic N) is 2. The number of halogens is 1. The van der Waals surface area contributed by atoms with Crippen molar-refractivity contribution in [3.63, 3.8) is 0 Å². The van der Waals surface area contributed by atoms with Gasteiger partial charge in [-0.15, -0.1) is 11.6 Å². The molecule has 0 bridgehead atoms. The lowest BCUT2D eigenvalue weighted by Gasteiger charge is -2.36. The third-order valence-electron chi connectivity index (χ3n) is 3.52. The van der Waals surface area contributed by atoms with Crippen LogP contribution < -0.4 is 0 Å². The third kappa shape index (κ3) is 3.33. The molecule has 114 valence electrons. The van der Waals surface area contributed by atoms with Crippen molar-refractivity contribution < 1.29 is 14.5 Å². The topological polar surface area (TPSA) is 72.7 Å². The number of alkyl halides is 1. The van der Waals surface area contributed by atoms with E-state index in [4.69, 9.17) is 16.3 Å². The van der Waals surface area contributed by atoms with E-state index >= 15 is 0 Å². The molecule has 1 aliphatic heterocycles. The molecule has 0 saturated carbocycles. The molecular weight excluding hydrogens is 296 g/mol. The van der Waals surface area contributed by atoms with Gasteiger partial charge in [0.25, 0.3) is 11.6 Å². The zero-order chi connectivity index (χ0) is 15.6. The average Bonchev–Trinajstić information content (AvgIpc) is 2.45. The van der Waals surface area contributed by atoms with Crippen molar-refractivity contribution in [1.29, 1.82) is 0 Å². The Balaban J connectivity index is 2.27. The highest BCUT2D eigenvalue weighted by Crippen LogP contribution is 2.23.